The number of aliphatic hydroxyl groups is 2. The Balaban J connectivity index is 1.64. The zero-order chi connectivity index (χ0) is 34.0. The first-order chi connectivity index (χ1) is 22.6. The van der Waals surface area contributed by atoms with Crippen molar-refractivity contribution in [2.75, 3.05) is 44.0 Å². The summed E-state index contributed by atoms with van der Waals surface area (Å²) >= 11 is 1.39. The number of nitrogens with zero attached hydrogens (tertiary/aromatic N) is 2. The molecule has 47 heavy (non-hydrogen) atoms. The van der Waals surface area contributed by atoms with Crippen LogP contribution in [0.4, 0.5) is 17.1 Å². The molecule has 12 heteroatoms. The van der Waals surface area contributed by atoms with Gasteiger partial charge in [0.25, 0.3) is 5.91 Å². The number of nitrogens with one attached hydrogen (secondary N) is 2. The summed E-state index contributed by atoms with van der Waals surface area (Å²) in [6.07, 6.45) is 4.12. The average Bonchev–Trinajstić information content (AvgIpc) is 3.19. The van der Waals surface area contributed by atoms with Gasteiger partial charge in [-0.2, -0.15) is 4.81 Å². The zero-order valence-corrected chi connectivity index (χ0v) is 28.0. The van der Waals surface area contributed by atoms with Gasteiger partial charge in [0.2, 0.25) is 5.91 Å². The minimum Gasteiger partial charge on any atom is -0.593 e. The number of aliphatic hydroxyl groups excluding tert-OH is 2. The van der Waals surface area contributed by atoms with Crippen molar-refractivity contribution in [3.63, 3.8) is 0 Å². The van der Waals surface area contributed by atoms with Crippen LogP contribution >= 0.6 is 11.8 Å². The fourth-order valence-corrected chi connectivity index (χ4v) is 6.49. The van der Waals surface area contributed by atoms with Crippen LogP contribution in [0.2, 0.25) is 0 Å². The Morgan fingerprint density at radius 3 is 2.40 bits per heavy atom. The van der Waals surface area contributed by atoms with Gasteiger partial charge in [0.05, 0.1) is 17.6 Å². The number of thioether (sulfide) groups is 1. The van der Waals surface area contributed by atoms with Crippen LogP contribution in [0.25, 0.3) is 0 Å². The first-order valence-corrected chi connectivity index (χ1v) is 17.2. The molecule has 1 heterocycles. The highest BCUT2D eigenvalue weighted by molar-refractivity contribution is 7.98. The van der Waals surface area contributed by atoms with Gasteiger partial charge in [0.1, 0.15) is 24.0 Å². The molecule has 0 spiro atoms. The van der Waals surface area contributed by atoms with Crippen LogP contribution in [0.15, 0.2) is 77.7 Å². The van der Waals surface area contributed by atoms with E-state index in [2.05, 4.69) is 29.4 Å². The van der Waals surface area contributed by atoms with Crippen LogP contribution < -0.4 is 25.1 Å². The number of hydroxylamine groups is 2. The maximum absolute atomic E-state index is 14.1. The Kier molecular flexibility index (Phi) is 12.7. The maximum atomic E-state index is 14.1. The Morgan fingerprint density at radius 1 is 1.11 bits per heavy atom. The lowest BCUT2D eigenvalue weighted by molar-refractivity contribution is -0.130. The van der Waals surface area contributed by atoms with Crippen LogP contribution in [-0.2, 0) is 9.59 Å². The molecule has 0 bridgehead atoms. The van der Waals surface area contributed by atoms with Crippen molar-refractivity contribution in [1.82, 2.24) is 15.4 Å². The number of amides is 2. The van der Waals surface area contributed by atoms with Gasteiger partial charge >= 0.3 is 0 Å². The highest BCUT2D eigenvalue weighted by atomic mass is 32.2. The molecule has 0 fully saturated rings. The predicted octanol–water partition coefficient (Wildman–Crippen LogP) is 5.05. The number of benzene rings is 3. The molecular weight excluding hydrogens is 620 g/mol. The molecule has 0 saturated carbocycles. The van der Waals surface area contributed by atoms with E-state index in [-0.39, 0.29) is 24.5 Å². The minimum atomic E-state index is -1.58. The van der Waals surface area contributed by atoms with Gasteiger partial charge in [-0.25, -0.2) is 5.21 Å². The van der Waals surface area contributed by atoms with Crippen LogP contribution in [0.5, 0.6) is 5.75 Å². The van der Waals surface area contributed by atoms with E-state index in [0.29, 0.717) is 29.1 Å². The van der Waals surface area contributed by atoms with Gasteiger partial charge in [-0.05, 0) is 42.9 Å². The van der Waals surface area contributed by atoms with E-state index in [0.717, 1.165) is 24.9 Å². The molecule has 4 atom stereocenters. The molecule has 5 N–H and O–H groups in total. The number of fused-ring (bicyclic) bond motifs is 1. The van der Waals surface area contributed by atoms with E-state index < -0.39 is 47.4 Å². The molecule has 4 rings (SSSR count). The fraction of sp³-hybridized carbons (Fsp3) is 0.429. The number of rotatable bonds is 15. The molecule has 1 aliphatic heterocycles. The SMILES string of the molecule is CCCCC1(CC)CN(c2ccccc2)c2cc(SC)c(OCC(=O)NC(C(=O)NC[C@@H](O)CO)c3ccccc3)cc2[N+]([O-])(O)C1. The summed E-state index contributed by atoms with van der Waals surface area (Å²) < 4.78 is 5.99. The lowest BCUT2D eigenvalue weighted by Crippen LogP contribution is -2.49. The topological polar surface area (TPSA) is 154 Å². The second-order valence-corrected chi connectivity index (χ2v) is 12.9. The number of unbranched alkanes of at least 4 members (excludes halogenated alkanes) is 1. The highest BCUT2D eigenvalue weighted by Gasteiger charge is 2.44. The Morgan fingerprint density at radius 2 is 1.79 bits per heavy atom. The summed E-state index contributed by atoms with van der Waals surface area (Å²) in [5, 5.41) is 49.7. The number of anilines is 2. The summed E-state index contributed by atoms with van der Waals surface area (Å²) in [7, 11) is 0. The van der Waals surface area contributed by atoms with Gasteiger partial charge in [-0.1, -0.05) is 75.2 Å². The lowest BCUT2D eigenvalue weighted by atomic mass is 9.79. The second kappa shape index (κ2) is 16.4. The monoisotopic (exact) mass is 666 g/mol. The number of quaternary nitrogens is 1. The van der Waals surface area contributed by atoms with Crippen molar-refractivity contribution >= 4 is 40.6 Å². The molecule has 254 valence electrons. The molecule has 0 aromatic heterocycles. The van der Waals surface area contributed by atoms with Crippen molar-refractivity contribution in [2.45, 2.75) is 56.6 Å². The summed E-state index contributed by atoms with van der Waals surface area (Å²) in [5.74, 6) is -0.902. The van der Waals surface area contributed by atoms with E-state index in [1.54, 1.807) is 30.3 Å². The molecule has 0 saturated heterocycles. The number of para-hydroxylation sites is 1. The molecule has 11 nitrogen and oxygen atoms in total. The minimum absolute atomic E-state index is 0.0305. The zero-order valence-electron chi connectivity index (χ0n) is 27.2. The molecule has 3 unspecified atom stereocenters. The average molecular weight is 667 g/mol. The van der Waals surface area contributed by atoms with Crippen molar-refractivity contribution in [2.24, 2.45) is 5.41 Å². The smallest absolute Gasteiger partial charge is 0.258 e. The van der Waals surface area contributed by atoms with Crippen molar-refractivity contribution in [3.05, 3.63) is 83.6 Å². The van der Waals surface area contributed by atoms with Gasteiger partial charge in [0.15, 0.2) is 12.3 Å². The van der Waals surface area contributed by atoms with Crippen LogP contribution in [0.3, 0.4) is 0 Å². The first-order valence-electron chi connectivity index (χ1n) is 16.0. The summed E-state index contributed by atoms with van der Waals surface area (Å²) in [6.45, 7) is 3.52. The van der Waals surface area contributed by atoms with Crippen molar-refractivity contribution in [1.29, 1.82) is 0 Å². The van der Waals surface area contributed by atoms with Gasteiger partial charge in [-0.15, -0.1) is 11.8 Å². The van der Waals surface area contributed by atoms with Gasteiger partial charge in [-0.3, -0.25) is 9.59 Å². The maximum Gasteiger partial charge on any atom is 0.258 e. The van der Waals surface area contributed by atoms with Crippen molar-refractivity contribution < 1.29 is 29.7 Å². The molecular formula is C35H46N4O7S. The molecule has 1 aliphatic rings. The molecule has 3 aromatic carbocycles. The third-order valence-electron chi connectivity index (χ3n) is 8.63. The third kappa shape index (κ3) is 9.04. The second-order valence-electron chi connectivity index (χ2n) is 12.0. The van der Waals surface area contributed by atoms with E-state index >= 15 is 0 Å². The number of hydrogen-bond donors (Lipinski definition) is 5. The lowest BCUT2D eigenvalue weighted by Gasteiger charge is -2.40. The Hall–Kier alpha value is -3.65. The van der Waals surface area contributed by atoms with Crippen molar-refractivity contribution in [3.8, 4) is 5.75 Å². The number of carbonyl (C=O) groups excluding carboxylic acids is 2. The van der Waals surface area contributed by atoms with E-state index in [4.69, 9.17) is 9.84 Å². The summed E-state index contributed by atoms with van der Waals surface area (Å²) in [5.41, 5.74) is 1.67. The van der Waals surface area contributed by atoms with Gasteiger partial charge in [0, 0.05) is 30.3 Å². The normalized spacial score (nSPS) is 20.4. The summed E-state index contributed by atoms with van der Waals surface area (Å²) in [6, 6.07) is 20.7. The first kappa shape index (κ1) is 36.2. The molecule has 2 amide bonds. The summed E-state index contributed by atoms with van der Waals surface area (Å²) in [4.78, 5) is 27.4. The van der Waals surface area contributed by atoms with E-state index in [9.17, 15) is 25.1 Å². The van der Waals surface area contributed by atoms with Crippen LogP contribution in [0, 0.1) is 10.6 Å². The van der Waals surface area contributed by atoms with Crippen LogP contribution in [0.1, 0.15) is 51.1 Å². The van der Waals surface area contributed by atoms with Crippen LogP contribution in [-0.4, -0.2) is 72.4 Å². The predicted molar refractivity (Wildman–Crippen MR) is 185 cm³/mol. The standard InChI is InChI=1S/C35H46N4O7S/c1-4-6-17-35(5-2)23-38(26-15-11-8-12-16-26)28-18-31(47-3)30(19-29(28)39(44,45)24-35)46-22-32(42)37-33(25-13-9-7-10-14-25)34(43)36-20-27(41)21-40/h7-16,18-19,27,33,40-41,44H,4-6,17,20-24H2,1-3H3,(H,36,43)(H,37,42)/t27-,33?,35?/m1/s1. The molecule has 0 aliphatic carbocycles. The Labute approximate surface area is 280 Å². The number of hydrogen-bond acceptors (Lipinski definition) is 9. The fourth-order valence-electron chi connectivity index (χ4n) is 5.94. The quantitative estimate of drug-likeness (QED) is 0.0852. The molecule has 3 aromatic rings. The number of carbonyl (C=O) groups is 2. The Bertz CT molecular complexity index is 1480. The highest BCUT2D eigenvalue weighted by Crippen LogP contribution is 2.49. The van der Waals surface area contributed by atoms with Gasteiger partial charge < -0.3 is 35.7 Å². The van der Waals surface area contributed by atoms with E-state index in [1.165, 1.54) is 17.8 Å². The molecule has 0 radical (unpaired) electrons. The number of ether oxygens (including phenoxy) is 1. The van der Waals surface area contributed by atoms with E-state index in [1.807, 2.05) is 42.7 Å². The third-order valence-corrected chi connectivity index (χ3v) is 9.39. The largest absolute Gasteiger partial charge is 0.593 e.